The van der Waals surface area contributed by atoms with Gasteiger partial charge in [0.15, 0.2) is 6.10 Å². The standard InChI is InChI=1S/C59H108O5/c1-4-7-10-13-16-19-22-25-28-29-30-31-33-34-37-40-43-46-49-52-58(60)63-56-57(55-62-54-51-48-45-42-39-36-27-24-21-18-15-12-9-6-3)64-59(61)53-50-47-44-41-38-35-32-26-23-20-17-14-11-8-5-2/h16,19,21,24-25,28,30-31,57H,4-15,17-18,20,22-23,26-27,29,32-56H2,1-3H3/b19-16-,24-21-,28-25-,31-30-. The van der Waals surface area contributed by atoms with Crippen LogP contribution in [0.5, 0.6) is 0 Å². The van der Waals surface area contributed by atoms with Crippen LogP contribution in [0.2, 0.25) is 0 Å². The largest absolute Gasteiger partial charge is 0.462 e. The van der Waals surface area contributed by atoms with Gasteiger partial charge in [-0.3, -0.25) is 9.59 Å². The Hall–Kier alpha value is -2.14. The predicted octanol–water partition coefficient (Wildman–Crippen LogP) is 19.1. The minimum Gasteiger partial charge on any atom is -0.462 e. The van der Waals surface area contributed by atoms with Gasteiger partial charge in [0.2, 0.25) is 0 Å². The van der Waals surface area contributed by atoms with E-state index in [2.05, 4.69) is 69.4 Å². The van der Waals surface area contributed by atoms with Gasteiger partial charge in [0, 0.05) is 19.4 Å². The third-order valence-electron chi connectivity index (χ3n) is 12.3. The average molecular weight is 898 g/mol. The maximum atomic E-state index is 12.8. The van der Waals surface area contributed by atoms with E-state index in [1.807, 2.05) is 0 Å². The zero-order chi connectivity index (χ0) is 46.3. The molecule has 0 aliphatic heterocycles. The highest BCUT2D eigenvalue weighted by Gasteiger charge is 2.17. The Labute approximate surface area is 399 Å². The van der Waals surface area contributed by atoms with Crippen LogP contribution in [0, 0.1) is 0 Å². The van der Waals surface area contributed by atoms with Gasteiger partial charge in [0.05, 0.1) is 6.61 Å². The Bertz CT molecular complexity index is 1060. The van der Waals surface area contributed by atoms with Crippen LogP contribution in [0.15, 0.2) is 48.6 Å². The van der Waals surface area contributed by atoms with Crippen molar-refractivity contribution in [3.8, 4) is 0 Å². The normalized spacial score (nSPS) is 12.5. The zero-order valence-corrected chi connectivity index (χ0v) is 43.1. The summed E-state index contributed by atoms with van der Waals surface area (Å²) in [6.45, 7) is 7.81. The summed E-state index contributed by atoms with van der Waals surface area (Å²) in [7, 11) is 0. The van der Waals surface area contributed by atoms with E-state index in [1.165, 1.54) is 193 Å². The first-order valence-electron chi connectivity index (χ1n) is 28.2. The van der Waals surface area contributed by atoms with E-state index in [4.69, 9.17) is 14.2 Å². The molecular weight excluding hydrogens is 789 g/mol. The molecule has 374 valence electrons. The van der Waals surface area contributed by atoms with Crippen LogP contribution >= 0.6 is 0 Å². The molecule has 0 saturated carbocycles. The summed E-state index contributed by atoms with van der Waals surface area (Å²) in [5, 5.41) is 0. The molecule has 0 radical (unpaired) electrons. The fraction of sp³-hybridized carbons (Fsp3) is 0.831. The highest BCUT2D eigenvalue weighted by atomic mass is 16.6. The molecule has 0 aliphatic rings. The molecule has 0 fully saturated rings. The lowest BCUT2D eigenvalue weighted by Crippen LogP contribution is -2.30. The van der Waals surface area contributed by atoms with E-state index in [9.17, 15) is 9.59 Å². The van der Waals surface area contributed by atoms with Gasteiger partial charge in [0.25, 0.3) is 0 Å². The Kier molecular flexibility index (Phi) is 53.3. The van der Waals surface area contributed by atoms with Crippen LogP contribution in [0.4, 0.5) is 0 Å². The SMILES string of the molecule is CCCCC/C=C\C/C=C\C/C=C\CCCCCCCCC(=O)OCC(COCCCCCCCC/C=C\CCCCCC)OC(=O)CCCCCCCCCCCCCCCCC. The van der Waals surface area contributed by atoms with Crippen molar-refractivity contribution in [1.82, 2.24) is 0 Å². The summed E-state index contributed by atoms with van der Waals surface area (Å²) in [5.74, 6) is -0.400. The maximum Gasteiger partial charge on any atom is 0.306 e. The van der Waals surface area contributed by atoms with Gasteiger partial charge in [-0.05, 0) is 83.5 Å². The van der Waals surface area contributed by atoms with Crippen molar-refractivity contribution >= 4 is 11.9 Å². The first-order chi connectivity index (χ1) is 31.6. The number of carbonyl (C=O) groups excluding carboxylic acids is 2. The Morgan fingerprint density at radius 1 is 0.344 bits per heavy atom. The number of unbranched alkanes of at least 4 members (excludes halogenated alkanes) is 33. The summed E-state index contributed by atoms with van der Waals surface area (Å²) in [6.07, 6.45) is 68.3. The van der Waals surface area contributed by atoms with E-state index in [1.54, 1.807) is 0 Å². The lowest BCUT2D eigenvalue weighted by atomic mass is 10.0. The molecular formula is C59H108O5. The van der Waals surface area contributed by atoms with E-state index in [0.717, 1.165) is 64.2 Å². The molecule has 64 heavy (non-hydrogen) atoms. The molecule has 0 heterocycles. The quantitative estimate of drug-likeness (QED) is 0.0346. The number of esters is 2. The molecule has 0 rings (SSSR count). The Morgan fingerprint density at radius 2 is 0.656 bits per heavy atom. The number of rotatable bonds is 52. The summed E-state index contributed by atoms with van der Waals surface area (Å²) in [4.78, 5) is 25.5. The highest BCUT2D eigenvalue weighted by Crippen LogP contribution is 2.16. The van der Waals surface area contributed by atoms with Crippen LogP contribution in [0.25, 0.3) is 0 Å². The second kappa shape index (κ2) is 55.2. The van der Waals surface area contributed by atoms with Crippen molar-refractivity contribution in [1.29, 1.82) is 0 Å². The predicted molar refractivity (Wildman–Crippen MR) is 279 cm³/mol. The van der Waals surface area contributed by atoms with Gasteiger partial charge in [-0.2, -0.15) is 0 Å². The van der Waals surface area contributed by atoms with Gasteiger partial charge < -0.3 is 14.2 Å². The van der Waals surface area contributed by atoms with Crippen LogP contribution in [-0.4, -0.2) is 37.9 Å². The van der Waals surface area contributed by atoms with Gasteiger partial charge in [-0.25, -0.2) is 0 Å². The highest BCUT2D eigenvalue weighted by molar-refractivity contribution is 5.70. The number of carbonyl (C=O) groups is 2. The van der Waals surface area contributed by atoms with Crippen molar-refractivity contribution in [3.63, 3.8) is 0 Å². The molecule has 1 atom stereocenters. The van der Waals surface area contributed by atoms with Crippen LogP contribution < -0.4 is 0 Å². The van der Waals surface area contributed by atoms with Crippen molar-refractivity contribution in [3.05, 3.63) is 48.6 Å². The second-order valence-corrected chi connectivity index (χ2v) is 18.8. The monoisotopic (exact) mass is 897 g/mol. The van der Waals surface area contributed by atoms with Crippen molar-refractivity contribution in [2.75, 3.05) is 19.8 Å². The summed E-state index contributed by atoms with van der Waals surface area (Å²) < 4.78 is 17.5. The second-order valence-electron chi connectivity index (χ2n) is 18.8. The number of hydrogen-bond donors (Lipinski definition) is 0. The average Bonchev–Trinajstić information content (AvgIpc) is 3.30. The molecule has 0 amide bonds. The van der Waals surface area contributed by atoms with Crippen molar-refractivity contribution in [2.45, 2.75) is 297 Å². The third kappa shape index (κ3) is 52.5. The Balaban J connectivity index is 4.26. The lowest BCUT2D eigenvalue weighted by molar-refractivity contribution is -0.163. The maximum absolute atomic E-state index is 12.8. The van der Waals surface area contributed by atoms with Gasteiger partial charge in [0.1, 0.15) is 6.61 Å². The van der Waals surface area contributed by atoms with E-state index in [0.29, 0.717) is 19.4 Å². The van der Waals surface area contributed by atoms with Crippen LogP contribution in [0.1, 0.15) is 290 Å². The smallest absolute Gasteiger partial charge is 0.306 e. The number of ether oxygens (including phenoxy) is 3. The molecule has 0 aromatic heterocycles. The molecule has 0 aliphatic carbocycles. The number of allylic oxidation sites excluding steroid dienone is 8. The Morgan fingerprint density at radius 3 is 1.11 bits per heavy atom. The first-order valence-corrected chi connectivity index (χ1v) is 28.2. The van der Waals surface area contributed by atoms with Gasteiger partial charge >= 0.3 is 11.9 Å². The molecule has 0 bridgehead atoms. The zero-order valence-electron chi connectivity index (χ0n) is 43.1. The molecule has 1 unspecified atom stereocenters. The van der Waals surface area contributed by atoms with E-state index < -0.39 is 6.10 Å². The van der Waals surface area contributed by atoms with Gasteiger partial charge in [-0.15, -0.1) is 0 Å². The third-order valence-corrected chi connectivity index (χ3v) is 12.3. The van der Waals surface area contributed by atoms with Gasteiger partial charge in [-0.1, -0.05) is 243 Å². The molecule has 0 saturated heterocycles. The van der Waals surface area contributed by atoms with Crippen molar-refractivity contribution < 1.29 is 23.8 Å². The topological polar surface area (TPSA) is 61.8 Å². The van der Waals surface area contributed by atoms with Crippen LogP contribution in [-0.2, 0) is 23.8 Å². The molecule has 0 spiro atoms. The minimum atomic E-state index is -0.542. The molecule has 5 heteroatoms. The summed E-state index contributed by atoms with van der Waals surface area (Å²) in [6, 6.07) is 0. The fourth-order valence-corrected chi connectivity index (χ4v) is 8.10. The van der Waals surface area contributed by atoms with E-state index in [-0.39, 0.29) is 25.2 Å². The van der Waals surface area contributed by atoms with E-state index >= 15 is 0 Å². The summed E-state index contributed by atoms with van der Waals surface area (Å²) in [5.41, 5.74) is 0. The molecule has 5 nitrogen and oxygen atoms in total. The minimum absolute atomic E-state index is 0.0795. The molecule has 0 N–H and O–H groups in total. The lowest BCUT2D eigenvalue weighted by Gasteiger charge is -2.18. The molecule has 0 aromatic rings. The first kappa shape index (κ1) is 61.9. The molecule has 0 aromatic carbocycles. The fourth-order valence-electron chi connectivity index (χ4n) is 8.10. The van der Waals surface area contributed by atoms with Crippen LogP contribution in [0.3, 0.4) is 0 Å². The van der Waals surface area contributed by atoms with Crippen molar-refractivity contribution in [2.24, 2.45) is 0 Å². The number of hydrogen-bond acceptors (Lipinski definition) is 5. The summed E-state index contributed by atoms with van der Waals surface area (Å²) >= 11 is 0.